The average molecular weight is 540 g/mol. The van der Waals surface area contributed by atoms with E-state index in [9.17, 15) is 18.0 Å². The number of aromatic nitrogens is 2. The molecule has 12 heteroatoms. The van der Waals surface area contributed by atoms with Gasteiger partial charge in [0, 0.05) is 22.0 Å². The largest absolute Gasteiger partial charge is 0.321 e. The molecule has 0 atom stereocenters. The van der Waals surface area contributed by atoms with Gasteiger partial charge < -0.3 is 10.6 Å². The number of carbonyl (C=O) groups excluding carboxylic acids is 2. The first-order valence-corrected chi connectivity index (χ1v) is 13.8. The van der Waals surface area contributed by atoms with Crippen molar-refractivity contribution in [2.75, 3.05) is 10.0 Å². The highest BCUT2D eigenvalue weighted by molar-refractivity contribution is 7.92. The lowest BCUT2D eigenvalue weighted by molar-refractivity contribution is -0.113. The summed E-state index contributed by atoms with van der Waals surface area (Å²) in [5.41, 5.74) is 1.68. The number of anilines is 2. The van der Waals surface area contributed by atoms with Crippen LogP contribution in [0.4, 0.5) is 11.6 Å². The van der Waals surface area contributed by atoms with Gasteiger partial charge in [-0.25, -0.2) is 23.1 Å². The van der Waals surface area contributed by atoms with Gasteiger partial charge in [0.1, 0.15) is 5.70 Å². The standard InChI is InChI=1S/C24H21N5O4S3/c1-15-13-16(2)26-24(25-15)29-36(32,33)19-9-7-17(8-10-19)27-22(30)20(14-18-5-3-11-34-18)28-23(31)21-6-4-12-35-21/h3-14H,1-2H3,(H,27,30)(H,28,31)(H,25,26,29). The zero-order valence-corrected chi connectivity index (χ0v) is 21.6. The first-order valence-electron chi connectivity index (χ1n) is 10.6. The molecule has 0 aliphatic rings. The fourth-order valence-corrected chi connectivity index (χ4v) is 5.35. The van der Waals surface area contributed by atoms with E-state index in [0.717, 1.165) is 4.88 Å². The summed E-state index contributed by atoms with van der Waals surface area (Å²) in [4.78, 5) is 35.0. The van der Waals surface area contributed by atoms with Gasteiger partial charge in [-0.05, 0) is 73.1 Å². The molecule has 0 saturated heterocycles. The topological polar surface area (TPSA) is 130 Å². The summed E-state index contributed by atoms with van der Waals surface area (Å²) in [6, 6.07) is 14.4. The number of hydrogen-bond donors (Lipinski definition) is 3. The summed E-state index contributed by atoms with van der Waals surface area (Å²) in [5.74, 6) is -0.968. The molecule has 36 heavy (non-hydrogen) atoms. The van der Waals surface area contributed by atoms with Crippen LogP contribution in [0.25, 0.3) is 6.08 Å². The molecule has 2 amide bonds. The second-order valence-corrected chi connectivity index (χ2v) is 11.2. The van der Waals surface area contributed by atoms with Crippen molar-refractivity contribution in [3.63, 3.8) is 0 Å². The molecule has 9 nitrogen and oxygen atoms in total. The highest BCUT2D eigenvalue weighted by Gasteiger charge is 2.18. The van der Waals surface area contributed by atoms with E-state index in [-0.39, 0.29) is 16.5 Å². The minimum atomic E-state index is -3.94. The first-order chi connectivity index (χ1) is 17.2. The predicted octanol–water partition coefficient (Wildman–Crippen LogP) is 4.43. The van der Waals surface area contributed by atoms with E-state index in [1.165, 1.54) is 46.9 Å². The van der Waals surface area contributed by atoms with Gasteiger partial charge in [0.05, 0.1) is 9.77 Å². The van der Waals surface area contributed by atoms with Crippen molar-refractivity contribution in [1.82, 2.24) is 15.3 Å². The molecule has 0 fully saturated rings. The smallest absolute Gasteiger partial charge is 0.272 e. The SMILES string of the molecule is Cc1cc(C)nc(NS(=O)(=O)c2ccc(NC(=O)C(=Cc3cccs3)NC(=O)c3cccs3)cc2)n1. The Balaban J connectivity index is 1.50. The lowest BCUT2D eigenvalue weighted by Crippen LogP contribution is -2.30. The molecule has 0 bridgehead atoms. The van der Waals surface area contributed by atoms with Gasteiger partial charge >= 0.3 is 0 Å². The summed E-state index contributed by atoms with van der Waals surface area (Å²) in [6.07, 6.45) is 1.58. The maximum atomic E-state index is 13.0. The van der Waals surface area contributed by atoms with Crippen LogP contribution in [-0.4, -0.2) is 30.2 Å². The Morgan fingerprint density at radius 1 is 0.917 bits per heavy atom. The molecule has 184 valence electrons. The fraction of sp³-hybridized carbons (Fsp3) is 0.0833. The quantitative estimate of drug-likeness (QED) is 0.284. The summed E-state index contributed by atoms with van der Waals surface area (Å²) < 4.78 is 27.9. The number of rotatable bonds is 8. The number of amides is 2. The van der Waals surface area contributed by atoms with E-state index >= 15 is 0 Å². The van der Waals surface area contributed by atoms with Crippen LogP contribution in [0.3, 0.4) is 0 Å². The second kappa shape index (κ2) is 10.8. The maximum Gasteiger partial charge on any atom is 0.272 e. The number of sulfonamides is 1. The molecule has 0 aliphatic carbocycles. The lowest BCUT2D eigenvalue weighted by Gasteiger charge is -2.11. The minimum absolute atomic E-state index is 0.0188. The van der Waals surface area contributed by atoms with E-state index in [4.69, 9.17) is 0 Å². The van der Waals surface area contributed by atoms with Crippen LogP contribution in [0.2, 0.25) is 0 Å². The minimum Gasteiger partial charge on any atom is -0.321 e. The highest BCUT2D eigenvalue weighted by atomic mass is 32.2. The van der Waals surface area contributed by atoms with E-state index < -0.39 is 21.8 Å². The Morgan fingerprint density at radius 2 is 1.58 bits per heavy atom. The fourth-order valence-electron chi connectivity index (χ4n) is 3.13. The normalized spacial score (nSPS) is 11.7. The van der Waals surface area contributed by atoms with Crippen LogP contribution in [0.5, 0.6) is 0 Å². The monoisotopic (exact) mass is 539 g/mol. The molecule has 3 heterocycles. The van der Waals surface area contributed by atoms with E-state index in [0.29, 0.717) is 22.0 Å². The zero-order chi connectivity index (χ0) is 25.7. The van der Waals surface area contributed by atoms with Gasteiger partial charge in [-0.1, -0.05) is 12.1 Å². The van der Waals surface area contributed by atoms with Crippen molar-refractivity contribution >= 4 is 62.2 Å². The Bertz CT molecular complexity index is 1490. The van der Waals surface area contributed by atoms with E-state index in [1.807, 2.05) is 17.5 Å². The lowest BCUT2D eigenvalue weighted by atomic mass is 10.2. The summed E-state index contributed by atoms with van der Waals surface area (Å²) in [7, 11) is -3.94. The van der Waals surface area contributed by atoms with Crippen molar-refractivity contribution in [3.8, 4) is 0 Å². The maximum absolute atomic E-state index is 13.0. The first kappa shape index (κ1) is 25.2. The van der Waals surface area contributed by atoms with Gasteiger partial charge in [0.15, 0.2) is 0 Å². The van der Waals surface area contributed by atoms with Crippen molar-refractivity contribution < 1.29 is 18.0 Å². The molecule has 0 saturated carbocycles. The zero-order valence-electron chi connectivity index (χ0n) is 19.2. The molecule has 0 radical (unpaired) electrons. The third-order valence-electron chi connectivity index (χ3n) is 4.70. The Morgan fingerprint density at radius 3 is 2.19 bits per heavy atom. The molecule has 0 spiro atoms. The number of benzene rings is 1. The molecule has 0 aliphatic heterocycles. The summed E-state index contributed by atoms with van der Waals surface area (Å²) in [6.45, 7) is 3.49. The molecular formula is C24H21N5O4S3. The summed E-state index contributed by atoms with van der Waals surface area (Å²) >= 11 is 2.68. The molecule has 4 rings (SSSR count). The number of thiophene rings is 2. The number of nitrogens with one attached hydrogen (secondary N) is 3. The van der Waals surface area contributed by atoms with Crippen LogP contribution in [-0.2, 0) is 14.8 Å². The van der Waals surface area contributed by atoms with E-state index in [2.05, 4.69) is 25.3 Å². The van der Waals surface area contributed by atoms with Crippen LogP contribution in [0, 0.1) is 13.8 Å². The third kappa shape index (κ3) is 6.42. The van der Waals surface area contributed by atoms with Crippen LogP contribution < -0.4 is 15.4 Å². The van der Waals surface area contributed by atoms with Gasteiger partial charge in [0.25, 0.3) is 21.8 Å². The molecule has 3 N–H and O–H groups in total. The molecule has 4 aromatic rings. The number of carbonyl (C=O) groups is 2. The van der Waals surface area contributed by atoms with Gasteiger partial charge in [-0.3, -0.25) is 9.59 Å². The number of aryl methyl sites for hydroxylation is 2. The highest BCUT2D eigenvalue weighted by Crippen LogP contribution is 2.19. The van der Waals surface area contributed by atoms with Crippen LogP contribution in [0.1, 0.15) is 25.9 Å². The predicted molar refractivity (Wildman–Crippen MR) is 141 cm³/mol. The number of nitrogens with zero attached hydrogens (tertiary/aromatic N) is 2. The van der Waals surface area contributed by atoms with Gasteiger partial charge in [0.2, 0.25) is 5.95 Å². The van der Waals surface area contributed by atoms with E-state index in [1.54, 1.807) is 43.5 Å². The van der Waals surface area contributed by atoms with Gasteiger partial charge in [-0.2, -0.15) is 0 Å². The average Bonchev–Trinajstić information content (AvgIpc) is 3.52. The Hall–Kier alpha value is -3.87. The van der Waals surface area contributed by atoms with Crippen molar-refractivity contribution in [3.05, 3.63) is 92.2 Å². The Labute approximate surface area is 216 Å². The third-order valence-corrected chi connectivity index (χ3v) is 7.73. The van der Waals surface area contributed by atoms with Crippen molar-refractivity contribution in [1.29, 1.82) is 0 Å². The van der Waals surface area contributed by atoms with Crippen LogP contribution in [0.15, 0.2) is 75.9 Å². The van der Waals surface area contributed by atoms with Crippen molar-refractivity contribution in [2.45, 2.75) is 18.7 Å². The number of hydrogen-bond acceptors (Lipinski definition) is 8. The second-order valence-electron chi connectivity index (χ2n) is 7.56. The molecule has 1 aromatic carbocycles. The Kier molecular flexibility index (Phi) is 7.58. The summed E-state index contributed by atoms with van der Waals surface area (Å²) in [5, 5.41) is 8.98. The van der Waals surface area contributed by atoms with Gasteiger partial charge in [-0.15, -0.1) is 22.7 Å². The van der Waals surface area contributed by atoms with Crippen LogP contribution >= 0.6 is 22.7 Å². The molecular weight excluding hydrogens is 518 g/mol. The van der Waals surface area contributed by atoms with Crippen molar-refractivity contribution in [2.24, 2.45) is 0 Å². The molecule has 0 unspecified atom stereocenters. The molecule has 3 aromatic heterocycles.